The number of rotatable bonds is 4. The number of aromatic nitrogens is 2. The summed E-state index contributed by atoms with van der Waals surface area (Å²) in [7, 11) is 0. The first-order chi connectivity index (χ1) is 10.8. The summed E-state index contributed by atoms with van der Waals surface area (Å²) in [5.41, 5.74) is 2.30. The molecule has 2 aromatic carbocycles. The van der Waals surface area contributed by atoms with Gasteiger partial charge in [-0.1, -0.05) is 53.3 Å². The van der Waals surface area contributed by atoms with Gasteiger partial charge in [0.1, 0.15) is 16.1 Å². The maximum Gasteiger partial charge on any atom is 0.147 e. The SMILES string of the molecule is N#Cc1cc(Cl)ccc1NCc1nnc(-c2ccccc2)s1. The van der Waals surface area contributed by atoms with Crippen LogP contribution in [0, 0.1) is 11.3 Å². The summed E-state index contributed by atoms with van der Waals surface area (Å²) >= 11 is 7.41. The molecule has 0 aliphatic carbocycles. The van der Waals surface area contributed by atoms with Gasteiger partial charge in [0.05, 0.1) is 17.8 Å². The molecule has 3 rings (SSSR count). The highest BCUT2D eigenvalue weighted by molar-refractivity contribution is 7.14. The van der Waals surface area contributed by atoms with Crippen LogP contribution < -0.4 is 5.32 Å². The number of anilines is 1. The van der Waals surface area contributed by atoms with Gasteiger partial charge >= 0.3 is 0 Å². The van der Waals surface area contributed by atoms with E-state index >= 15 is 0 Å². The summed E-state index contributed by atoms with van der Waals surface area (Å²) < 4.78 is 0. The third kappa shape index (κ3) is 3.25. The first-order valence-electron chi connectivity index (χ1n) is 6.57. The Morgan fingerprint density at radius 3 is 2.73 bits per heavy atom. The average Bonchev–Trinajstić information content (AvgIpc) is 3.03. The van der Waals surface area contributed by atoms with Crippen molar-refractivity contribution in [3.05, 3.63) is 64.1 Å². The molecule has 1 N–H and O–H groups in total. The van der Waals surface area contributed by atoms with Crippen molar-refractivity contribution in [2.45, 2.75) is 6.54 Å². The van der Waals surface area contributed by atoms with Crippen molar-refractivity contribution in [1.82, 2.24) is 10.2 Å². The van der Waals surface area contributed by atoms with Crippen molar-refractivity contribution in [2.75, 3.05) is 5.32 Å². The van der Waals surface area contributed by atoms with E-state index in [1.165, 1.54) is 11.3 Å². The minimum Gasteiger partial charge on any atom is -0.377 e. The zero-order valence-corrected chi connectivity index (χ0v) is 13.0. The fourth-order valence-corrected chi connectivity index (χ4v) is 2.91. The molecular weight excluding hydrogens is 316 g/mol. The predicted molar refractivity (Wildman–Crippen MR) is 88.8 cm³/mol. The molecule has 0 fully saturated rings. The second-order valence-corrected chi connectivity index (χ2v) is 6.02. The van der Waals surface area contributed by atoms with E-state index in [4.69, 9.17) is 16.9 Å². The largest absolute Gasteiger partial charge is 0.377 e. The smallest absolute Gasteiger partial charge is 0.147 e. The minimum atomic E-state index is 0.514. The van der Waals surface area contributed by atoms with Crippen LogP contribution in [0.1, 0.15) is 10.6 Å². The number of nitrogens with zero attached hydrogens (tertiary/aromatic N) is 3. The first kappa shape index (κ1) is 14.5. The van der Waals surface area contributed by atoms with Gasteiger partial charge in [-0.2, -0.15) is 5.26 Å². The highest BCUT2D eigenvalue weighted by Gasteiger charge is 2.08. The van der Waals surface area contributed by atoms with Gasteiger partial charge < -0.3 is 5.32 Å². The fourth-order valence-electron chi connectivity index (χ4n) is 1.96. The second-order valence-electron chi connectivity index (χ2n) is 4.52. The van der Waals surface area contributed by atoms with Crippen molar-refractivity contribution in [1.29, 1.82) is 5.26 Å². The van der Waals surface area contributed by atoms with Gasteiger partial charge in [-0.25, -0.2) is 0 Å². The lowest BCUT2D eigenvalue weighted by Gasteiger charge is -2.06. The molecule has 0 amide bonds. The van der Waals surface area contributed by atoms with Crippen molar-refractivity contribution in [3.63, 3.8) is 0 Å². The maximum absolute atomic E-state index is 9.12. The van der Waals surface area contributed by atoms with E-state index in [1.54, 1.807) is 18.2 Å². The molecule has 4 nitrogen and oxygen atoms in total. The van der Waals surface area contributed by atoms with E-state index in [-0.39, 0.29) is 0 Å². The Bertz CT molecular complexity index is 824. The van der Waals surface area contributed by atoms with E-state index in [0.29, 0.717) is 17.1 Å². The van der Waals surface area contributed by atoms with Crippen molar-refractivity contribution in [2.24, 2.45) is 0 Å². The summed E-state index contributed by atoms with van der Waals surface area (Å²) in [4.78, 5) is 0. The van der Waals surface area contributed by atoms with Crippen LogP contribution >= 0.6 is 22.9 Å². The molecule has 0 spiro atoms. The lowest BCUT2D eigenvalue weighted by molar-refractivity contribution is 0.992. The number of hydrogen-bond donors (Lipinski definition) is 1. The molecule has 0 saturated heterocycles. The third-order valence-electron chi connectivity index (χ3n) is 3.02. The lowest BCUT2D eigenvalue weighted by atomic mass is 10.2. The molecule has 108 valence electrons. The fraction of sp³-hybridized carbons (Fsp3) is 0.0625. The van der Waals surface area contributed by atoms with Gasteiger partial charge in [-0.05, 0) is 18.2 Å². The molecule has 0 aliphatic heterocycles. The predicted octanol–water partition coefficient (Wildman–Crippen LogP) is 4.34. The van der Waals surface area contributed by atoms with E-state index in [1.807, 2.05) is 30.3 Å². The first-order valence-corrected chi connectivity index (χ1v) is 7.77. The van der Waals surface area contributed by atoms with Crippen molar-refractivity contribution in [3.8, 4) is 16.6 Å². The van der Waals surface area contributed by atoms with Crippen LogP contribution in [0.2, 0.25) is 5.02 Å². The molecule has 0 unspecified atom stereocenters. The summed E-state index contributed by atoms with van der Waals surface area (Å²) in [6.07, 6.45) is 0. The quantitative estimate of drug-likeness (QED) is 0.774. The molecular formula is C16H11ClN4S. The molecule has 22 heavy (non-hydrogen) atoms. The Hall–Kier alpha value is -2.42. The normalized spacial score (nSPS) is 10.2. The molecule has 0 radical (unpaired) electrons. The molecule has 0 bridgehead atoms. The van der Waals surface area contributed by atoms with Crippen LogP contribution in [-0.4, -0.2) is 10.2 Å². The zero-order valence-electron chi connectivity index (χ0n) is 11.5. The molecule has 0 saturated carbocycles. The maximum atomic E-state index is 9.12. The van der Waals surface area contributed by atoms with Crippen molar-refractivity contribution >= 4 is 28.6 Å². The second kappa shape index (κ2) is 6.56. The minimum absolute atomic E-state index is 0.514. The van der Waals surface area contributed by atoms with E-state index in [2.05, 4.69) is 21.6 Å². The number of halogens is 1. The van der Waals surface area contributed by atoms with Gasteiger partial charge in [0.15, 0.2) is 0 Å². The van der Waals surface area contributed by atoms with Gasteiger partial charge in [0.25, 0.3) is 0 Å². The van der Waals surface area contributed by atoms with Crippen LogP contribution in [0.4, 0.5) is 5.69 Å². The molecule has 3 aromatic rings. The van der Waals surface area contributed by atoms with Crippen molar-refractivity contribution < 1.29 is 0 Å². The number of nitrogens with one attached hydrogen (secondary N) is 1. The van der Waals surface area contributed by atoms with Crippen LogP contribution in [-0.2, 0) is 6.54 Å². The van der Waals surface area contributed by atoms with Crippen LogP contribution in [0.25, 0.3) is 10.6 Å². The molecule has 1 aromatic heterocycles. The summed E-state index contributed by atoms with van der Waals surface area (Å²) in [6.45, 7) is 0.515. The van der Waals surface area contributed by atoms with Gasteiger partial charge in [-0.15, -0.1) is 10.2 Å². The zero-order chi connectivity index (χ0) is 15.4. The van der Waals surface area contributed by atoms with E-state index in [9.17, 15) is 0 Å². The van der Waals surface area contributed by atoms with Crippen LogP contribution in [0.5, 0.6) is 0 Å². The Kier molecular flexibility index (Phi) is 4.33. The summed E-state index contributed by atoms with van der Waals surface area (Å²) in [5.74, 6) is 0. The molecule has 1 heterocycles. The molecule has 6 heteroatoms. The van der Waals surface area contributed by atoms with Crippen LogP contribution in [0.3, 0.4) is 0 Å². The number of benzene rings is 2. The number of hydrogen-bond acceptors (Lipinski definition) is 5. The van der Waals surface area contributed by atoms with Gasteiger partial charge in [-0.3, -0.25) is 0 Å². The standard InChI is InChI=1S/C16H11ClN4S/c17-13-6-7-14(12(8-13)9-18)19-10-15-20-21-16(22-15)11-4-2-1-3-5-11/h1-8,19H,10H2. The Morgan fingerprint density at radius 1 is 1.14 bits per heavy atom. The topological polar surface area (TPSA) is 61.6 Å². The highest BCUT2D eigenvalue weighted by atomic mass is 35.5. The summed E-state index contributed by atoms with van der Waals surface area (Å²) in [6, 6.07) is 17.2. The lowest BCUT2D eigenvalue weighted by Crippen LogP contribution is -2.00. The highest BCUT2D eigenvalue weighted by Crippen LogP contribution is 2.25. The average molecular weight is 327 g/mol. The van der Waals surface area contributed by atoms with E-state index in [0.717, 1.165) is 21.3 Å². The third-order valence-corrected chi connectivity index (χ3v) is 4.23. The van der Waals surface area contributed by atoms with Gasteiger partial charge in [0, 0.05) is 10.6 Å². The van der Waals surface area contributed by atoms with E-state index < -0.39 is 0 Å². The van der Waals surface area contributed by atoms with Crippen LogP contribution in [0.15, 0.2) is 48.5 Å². The summed E-state index contributed by atoms with van der Waals surface area (Å²) in [5, 5.41) is 23.0. The van der Waals surface area contributed by atoms with Gasteiger partial charge in [0.2, 0.25) is 0 Å². The Morgan fingerprint density at radius 2 is 1.95 bits per heavy atom. The molecule has 0 aliphatic rings. The Labute approximate surface area is 137 Å². The Balaban J connectivity index is 1.73. The molecule has 0 atom stereocenters. The number of nitriles is 1. The monoisotopic (exact) mass is 326 g/mol.